The molecule has 2 aromatic rings. The number of carbonyl (C=O) groups is 1. The van der Waals surface area contributed by atoms with E-state index < -0.39 is 0 Å². The van der Waals surface area contributed by atoms with Crippen molar-refractivity contribution in [1.82, 2.24) is 4.90 Å². The second-order valence-corrected chi connectivity index (χ2v) is 5.62. The zero-order valence-electron chi connectivity index (χ0n) is 11.8. The molecule has 1 saturated heterocycles. The molecule has 0 amide bonds. The van der Waals surface area contributed by atoms with Crippen LogP contribution < -0.4 is 0 Å². The van der Waals surface area contributed by atoms with Gasteiger partial charge < -0.3 is 4.42 Å². The predicted molar refractivity (Wildman–Crippen MR) is 80.1 cm³/mol. The summed E-state index contributed by atoms with van der Waals surface area (Å²) in [5.74, 6) is 0.593. The fraction of sp³-hybridized carbons (Fsp3) is 0.471. The van der Waals surface area contributed by atoms with Gasteiger partial charge in [0.25, 0.3) is 0 Å². The maximum Gasteiger partial charge on any atom is 0.211 e. The lowest BCUT2D eigenvalue weighted by molar-refractivity contribution is 0.0899. The second kappa shape index (κ2) is 6.23. The maximum absolute atomic E-state index is 12.3. The number of likely N-dealkylation sites (tertiary alicyclic amines) is 1. The fourth-order valence-corrected chi connectivity index (χ4v) is 2.87. The van der Waals surface area contributed by atoms with Crippen molar-refractivity contribution in [2.45, 2.75) is 32.1 Å². The van der Waals surface area contributed by atoms with Crippen LogP contribution in [-0.2, 0) is 0 Å². The smallest absolute Gasteiger partial charge is 0.211 e. The van der Waals surface area contributed by atoms with Gasteiger partial charge in [-0.2, -0.15) is 0 Å². The molecule has 3 rings (SSSR count). The van der Waals surface area contributed by atoms with E-state index in [-0.39, 0.29) is 5.78 Å². The van der Waals surface area contributed by atoms with Crippen LogP contribution in [0, 0.1) is 0 Å². The van der Waals surface area contributed by atoms with Crippen molar-refractivity contribution in [2.75, 3.05) is 19.6 Å². The molecule has 1 aromatic heterocycles. The Morgan fingerprint density at radius 3 is 2.50 bits per heavy atom. The Kier molecular flexibility index (Phi) is 4.16. The van der Waals surface area contributed by atoms with Gasteiger partial charge in [0.15, 0.2) is 5.76 Å². The molecule has 106 valence electrons. The van der Waals surface area contributed by atoms with Gasteiger partial charge >= 0.3 is 0 Å². The molecule has 0 radical (unpaired) electrons. The Morgan fingerprint density at radius 2 is 1.75 bits per heavy atom. The summed E-state index contributed by atoms with van der Waals surface area (Å²) in [4.78, 5) is 14.6. The van der Waals surface area contributed by atoms with E-state index in [0.717, 1.165) is 24.1 Å². The molecule has 0 N–H and O–H groups in total. The van der Waals surface area contributed by atoms with Crippen molar-refractivity contribution in [3.8, 4) is 0 Å². The predicted octanol–water partition coefficient (Wildman–Crippen LogP) is 3.88. The van der Waals surface area contributed by atoms with Crippen molar-refractivity contribution < 1.29 is 9.21 Å². The molecule has 1 aromatic carbocycles. The third kappa shape index (κ3) is 3.10. The Hall–Kier alpha value is -1.61. The minimum Gasteiger partial charge on any atom is -0.453 e. The number of para-hydroxylation sites is 1. The lowest BCUT2D eigenvalue weighted by atomic mass is 10.1. The van der Waals surface area contributed by atoms with E-state index in [1.807, 2.05) is 30.3 Å². The summed E-state index contributed by atoms with van der Waals surface area (Å²) >= 11 is 0. The lowest BCUT2D eigenvalue weighted by Crippen LogP contribution is -2.32. The highest BCUT2D eigenvalue weighted by atomic mass is 16.3. The molecule has 3 heteroatoms. The van der Waals surface area contributed by atoms with E-state index in [1.54, 1.807) is 0 Å². The lowest BCUT2D eigenvalue weighted by Gasteiger charge is -2.23. The normalized spacial score (nSPS) is 17.8. The zero-order chi connectivity index (χ0) is 13.8. The van der Waals surface area contributed by atoms with Gasteiger partial charge in [-0.3, -0.25) is 9.69 Å². The Bertz CT molecular complexity index is 546. The third-order valence-electron chi connectivity index (χ3n) is 4.02. The Labute approximate surface area is 119 Å². The molecule has 3 nitrogen and oxygen atoms in total. The van der Waals surface area contributed by atoms with Crippen LogP contribution in [0.15, 0.2) is 34.7 Å². The standard InChI is InChI=1S/C17H21NO2/c19-15(13-18-10-6-2-1-3-7-11-18)17-12-14-8-4-5-9-16(14)20-17/h4-5,8-9,12H,1-3,6-7,10-11,13H2. The topological polar surface area (TPSA) is 33.5 Å². The Morgan fingerprint density at radius 1 is 1.05 bits per heavy atom. The minimum absolute atomic E-state index is 0.0989. The van der Waals surface area contributed by atoms with Crippen LogP contribution in [0.25, 0.3) is 11.0 Å². The number of Topliss-reactive ketones (excluding diaryl/α,β-unsaturated/α-hetero) is 1. The summed E-state index contributed by atoms with van der Waals surface area (Å²) in [7, 11) is 0. The first-order valence-electron chi connectivity index (χ1n) is 7.57. The number of benzene rings is 1. The molecule has 0 unspecified atom stereocenters. The Balaban J connectivity index is 1.68. The molecule has 2 heterocycles. The van der Waals surface area contributed by atoms with E-state index in [1.165, 1.54) is 32.1 Å². The number of furan rings is 1. The van der Waals surface area contributed by atoms with Gasteiger partial charge in [-0.25, -0.2) is 0 Å². The highest BCUT2D eigenvalue weighted by Crippen LogP contribution is 2.19. The summed E-state index contributed by atoms with van der Waals surface area (Å²) in [6, 6.07) is 9.64. The first-order valence-corrected chi connectivity index (χ1v) is 7.57. The average Bonchev–Trinajstić information content (AvgIpc) is 2.85. The van der Waals surface area contributed by atoms with Crippen molar-refractivity contribution in [1.29, 1.82) is 0 Å². The molecule has 0 aliphatic carbocycles. The fourth-order valence-electron chi connectivity index (χ4n) is 2.87. The molecule has 0 spiro atoms. The van der Waals surface area contributed by atoms with Gasteiger partial charge in [0, 0.05) is 5.39 Å². The van der Waals surface area contributed by atoms with Crippen LogP contribution in [0.5, 0.6) is 0 Å². The van der Waals surface area contributed by atoms with Crippen molar-refractivity contribution in [3.63, 3.8) is 0 Å². The first kappa shape index (κ1) is 13.4. The van der Waals surface area contributed by atoms with E-state index in [4.69, 9.17) is 4.42 Å². The summed E-state index contributed by atoms with van der Waals surface area (Å²) in [6.45, 7) is 2.55. The van der Waals surface area contributed by atoms with Gasteiger partial charge in [0.2, 0.25) is 5.78 Å². The molecule has 1 aliphatic heterocycles. The maximum atomic E-state index is 12.3. The van der Waals surface area contributed by atoms with Crippen LogP contribution in [0.1, 0.15) is 42.7 Å². The second-order valence-electron chi connectivity index (χ2n) is 5.62. The van der Waals surface area contributed by atoms with Gasteiger partial charge in [0.1, 0.15) is 5.58 Å². The van der Waals surface area contributed by atoms with Crippen molar-refractivity contribution >= 4 is 16.8 Å². The molecule has 1 fully saturated rings. The monoisotopic (exact) mass is 271 g/mol. The number of hydrogen-bond acceptors (Lipinski definition) is 3. The number of rotatable bonds is 3. The SMILES string of the molecule is O=C(CN1CCCCCCC1)c1cc2ccccc2o1. The molecule has 0 bridgehead atoms. The molecular weight excluding hydrogens is 250 g/mol. The van der Waals surface area contributed by atoms with Crippen LogP contribution in [0.3, 0.4) is 0 Å². The highest BCUT2D eigenvalue weighted by Gasteiger charge is 2.17. The van der Waals surface area contributed by atoms with E-state index in [9.17, 15) is 4.79 Å². The van der Waals surface area contributed by atoms with Gasteiger partial charge in [-0.15, -0.1) is 0 Å². The molecule has 20 heavy (non-hydrogen) atoms. The first-order chi connectivity index (χ1) is 9.83. The molecule has 1 aliphatic rings. The largest absolute Gasteiger partial charge is 0.453 e. The van der Waals surface area contributed by atoms with Crippen LogP contribution in [0.4, 0.5) is 0 Å². The number of fused-ring (bicyclic) bond motifs is 1. The van der Waals surface area contributed by atoms with Gasteiger partial charge in [-0.05, 0) is 38.1 Å². The minimum atomic E-state index is 0.0989. The molecular formula is C17H21NO2. The quantitative estimate of drug-likeness (QED) is 0.794. The summed E-state index contributed by atoms with van der Waals surface area (Å²) < 4.78 is 5.65. The van der Waals surface area contributed by atoms with Crippen LogP contribution >= 0.6 is 0 Å². The third-order valence-corrected chi connectivity index (χ3v) is 4.02. The van der Waals surface area contributed by atoms with E-state index in [0.29, 0.717) is 12.3 Å². The summed E-state index contributed by atoms with van der Waals surface area (Å²) in [6.07, 6.45) is 6.32. The summed E-state index contributed by atoms with van der Waals surface area (Å²) in [5, 5.41) is 1.00. The van der Waals surface area contributed by atoms with Crippen LogP contribution in [0.2, 0.25) is 0 Å². The van der Waals surface area contributed by atoms with Crippen molar-refractivity contribution in [2.24, 2.45) is 0 Å². The van der Waals surface area contributed by atoms with E-state index in [2.05, 4.69) is 4.90 Å². The number of nitrogens with zero attached hydrogens (tertiary/aromatic N) is 1. The van der Waals surface area contributed by atoms with Gasteiger partial charge in [0.05, 0.1) is 6.54 Å². The van der Waals surface area contributed by atoms with Crippen molar-refractivity contribution in [3.05, 3.63) is 36.1 Å². The molecule has 0 atom stereocenters. The number of hydrogen-bond donors (Lipinski definition) is 0. The average molecular weight is 271 g/mol. The van der Waals surface area contributed by atoms with Gasteiger partial charge in [-0.1, -0.05) is 37.5 Å². The van der Waals surface area contributed by atoms with Crippen LogP contribution in [-0.4, -0.2) is 30.3 Å². The number of carbonyl (C=O) groups excluding carboxylic acids is 1. The summed E-state index contributed by atoms with van der Waals surface area (Å²) in [5.41, 5.74) is 0.795. The molecule has 0 saturated carbocycles. The van der Waals surface area contributed by atoms with E-state index >= 15 is 0 Å². The zero-order valence-corrected chi connectivity index (χ0v) is 11.8. The number of ketones is 1. The highest BCUT2D eigenvalue weighted by molar-refractivity contribution is 5.98.